The predicted molar refractivity (Wildman–Crippen MR) is 140 cm³/mol. The molecule has 10 nitrogen and oxygen atoms in total. The summed E-state index contributed by atoms with van der Waals surface area (Å²) in [7, 11) is 4.40. The van der Waals surface area contributed by atoms with Crippen molar-refractivity contribution in [2.45, 2.75) is 0 Å². The van der Waals surface area contributed by atoms with Gasteiger partial charge >= 0.3 is 5.97 Å². The Kier molecular flexibility index (Phi) is 9.61. The normalized spacial score (nSPS) is 10.5. The van der Waals surface area contributed by atoms with E-state index in [1.807, 2.05) is 0 Å². The zero-order valence-corrected chi connectivity index (χ0v) is 21.8. The number of hydrogen-bond donors (Lipinski definition) is 2. The molecule has 2 amide bonds. The highest BCUT2D eigenvalue weighted by Gasteiger charge is 2.16. The van der Waals surface area contributed by atoms with Crippen molar-refractivity contribution in [1.82, 2.24) is 10.7 Å². The van der Waals surface area contributed by atoms with Crippen LogP contribution in [0.4, 0.5) is 0 Å². The summed E-state index contributed by atoms with van der Waals surface area (Å²) in [6.07, 6.45) is 1.38. The molecular weight excluding hydrogens is 546 g/mol. The van der Waals surface area contributed by atoms with E-state index in [0.717, 1.165) is 0 Å². The van der Waals surface area contributed by atoms with Gasteiger partial charge in [-0.3, -0.25) is 9.59 Å². The Morgan fingerprint density at radius 2 is 1.54 bits per heavy atom. The van der Waals surface area contributed by atoms with E-state index < -0.39 is 17.8 Å². The maximum atomic E-state index is 12.6. The van der Waals surface area contributed by atoms with Crippen LogP contribution in [-0.4, -0.2) is 51.9 Å². The van der Waals surface area contributed by atoms with E-state index in [0.29, 0.717) is 27.1 Å². The molecule has 0 spiro atoms. The number of esters is 1. The predicted octanol–water partition coefficient (Wildman–Crippen LogP) is 3.57. The third-order valence-electron chi connectivity index (χ3n) is 4.94. The number of halogens is 1. The molecule has 2 N–H and O–H groups in total. The molecule has 0 atom stereocenters. The number of hydrazone groups is 1. The molecule has 0 saturated heterocycles. The fourth-order valence-electron chi connectivity index (χ4n) is 3.09. The van der Waals surface area contributed by atoms with Gasteiger partial charge in [-0.1, -0.05) is 12.1 Å². The van der Waals surface area contributed by atoms with E-state index in [2.05, 4.69) is 31.8 Å². The highest BCUT2D eigenvalue weighted by atomic mass is 79.9. The van der Waals surface area contributed by atoms with Crippen LogP contribution in [0.25, 0.3) is 0 Å². The molecule has 0 bridgehead atoms. The molecule has 3 aromatic carbocycles. The second-order valence-corrected chi connectivity index (χ2v) is 8.18. The molecule has 0 aromatic heterocycles. The largest absolute Gasteiger partial charge is 0.493 e. The van der Waals surface area contributed by atoms with Gasteiger partial charge in [-0.2, -0.15) is 5.10 Å². The number of hydrogen-bond acceptors (Lipinski definition) is 8. The van der Waals surface area contributed by atoms with Crippen LogP contribution in [0.2, 0.25) is 0 Å². The first-order valence-corrected chi connectivity index (χ1v) is 11.6. The van der Waals surface area contributed by atoms with Gasteiger partial charge in [0.05, 0.1) is 45.2 Å². The van der Waals surface area contributed by atoms with Crippen molar-refractivity contribution in [3.05, 3.63) is 81.8 Å². The molecule has 0 aliphatic carbocycles. The number of benzene rings is 3. The lowest BCUT2D eigenvalue weighted by atomic mass is 10.2. The lowest BCUT2D eigenvalue weighted by molar-refractivity contribution is -0.120. The van der Waals surface area contributed by atoms with Crippen molar-refractivity contribution >= 4 is 39.9 Å². The van der Waals surface area contributed by atoms with Gasteiger partial charge < -0.3 is 24.3 Å². The van der Waals surface area contributed by atoms with Crippen molar-refractivity contribution in [1.29, 1.82) is 0 Å². The zero-order chi connectivity index (χ0) is 26.8. The van der Waals surface area contributed by atoms with Gasteiger partial charge in [0, 0.05) is 4.47 Å². The number of carbonyl (C=O) groups is 3. The van der Waals surface area contributed by atoms with E-state index in [1.54, 1.807) is 54.6 Å². The summed E-state index contributed by atoms with van der Waals surface area (Å²) in [5, 5.41) is 6.41. The van der Waals surface area contributed by atoms with Crippen molar-refractivity contribution < 1.29 is 33.3 Å². The third kappa shape index (κ3) is 7.31. The molecule has 0 radical (unpaired) electrons. The quantitative estimate of drug-likeness (QED) is 0.165. The highest BCUT2D eigenvalue weighted by Crippen LogP contribution is 2.31. The van der Waals surface area contributed by atoms with Crippen LogP contribution in [0.5, 0.6) is 23.0 Å². The molecule has 0 saturated carbocycles. The number of nitrogens with zero attached hydrogens (tertiary/aromatic N) is 1. The van der Waals surface area contributed by atoms with Crippen LogP contribution in [0.1, 0.15) is 26.3 Å². The smallest absolute Gasteiger partial charge is 0.343 e. The van der Waals surface area contributed by atoms with E-state index >= 15 is 0 Å². The van der Waals surface area contributed by atoms with E-state index in [-0.39, 0.29) is 23.6 Å². The monoisotopic (exact) mass is 569 g/mol. The molecule has 0 fully saturated rings. The number of carbonyl (C=O) groups excluding carboxylic acids is 3. The Labute approximate surface area is 221 Å². The van der Waals surface area contributed by atoms with Gasteiger partial charge in [0.2, 0.25) is 0 Å². The first-order valence-electron chi connectivity index (χ1n) is 10.8. The summed E-state index contributed by atoms with van der Waals surface area (Å²) >= 11 is 3.29. The SMILES string of the molecule is COc1ccc(C(=O)Oc2ccc(C=NNC(=O)CNC(=O)c3ccccc3Br)cc2OC)cc1OC. The first kappa shape index (κ1) is 27.2. The van der Waals surface area contributed by atoms with Crippen molar-refractivity contribution in [2.75, 3.05) is 27.9 Å². The molecule has 0 heterocycles. The van der Waals surface area contributed by atoms with Gasteiger partial charge in [-0.05, 0) is 70.0 Å². The molecular formula is C26H24BrN3O7. The molecule has 11 heteroatoms. The summed E-state index contributed by atoms with van der Waals surface area (Å²) < 4.78 is 21.8. The number of amides is 2. The fraction of sp³-hybridized carbons (Fsp3) is 0.154. The van der Waals surface area contributed by atoms with Crippen LogP contribution < -0.4 is 29.7 Å². The lowest BCUT2D eigenvalue weighted by Gasteiger charge is -2.11. The van der Waals surface area contributed by atoms with Gasteiger partial charge in [0.25, 0.3) is 11.8 Å². The van der Waals surface area contributed by atoms with Gasteiger partial charge in [-0.25, -0.2) is 10.2 Å². The summed E-state index contributed by atoms with van der Waals surface area (Å²) in [5.74, 6) is -0.164. The molecule has 0 aliphatic heterocycles. The summed E-state index contributed by atoms with van der Waals surface area (Å²) in [5.41, 5.74) is 3.58. The van der Waals surface area contributed by atoms with Crippen molar-refractivity contribution in [2.24, 2.45) is 5.10 Å². The lowest BCUT2D eigenvalue weighted by Crippen LogP contribution is -2.35. The maximum absolute atomic E-state index is 12.6. The molecule has 0 aliphatic rings. The Morgan fingerprint density at radius 1 is 0.865 bits per heavy atom. The van der Waals surface area contributed by atoms with Gasteiger partial charge in [-0.15, -0.1) is 0 Å². The van der Waals surface area contributed by atoms with Crippen LogP contribution in [-0.2, 0) is 4.79 Å². The number of nitrogens with one attached hydrogen (secondary N) is 2. The topological polar surface area (TPSA) is 125 Å². The Hall–Kier alpha value is -4.38. The number of methoxy groups -OCH3 is 3. The van der Waals surface area contributed by atoms with Crippen LogP contribution in [0.3, 0.4) is 0 Å². The summed E-state index contributed by atoms with van der Waals surface area (Å²) in [6, 6.07) is 16.3. The van der Waals surface area contributed by atoms with Crippen molar-refractivity contribution in [3.8, 4) is 23.0 Å². The average Bonchev–Trinajstić information content (AvgIpc) is 2.92. The highest BCUT2D eigenvalue weighted by molar-refractivity contribution is 9.10. The van der Waals surface area contributed by atoms with Crippen LogP contribution in [0.15, 0.2) is 70.2 Å². The van der Waals surface area contributed by atoms with Gasteiger partial charge in [0.15, 0.2) is 23.0 Å². The maximum Gasteiger partial charge on any atom is 0.343 e. The fourth-order valence-corrected chi connectivity index (χ4v) is 3.56. The first-order chi connectivity index (χ1) is 17.9. The van der Waals surface area contributed by atoms with E-state index in [4.69, 9.17) is 18.9 Å². The number of rotatable bonds is 10. The van der Waals surface area contributed by atoms with Crippen molar-refractivity contribution in [3.63, 3.8) is 0 Å². The van der Waals surface area contributed by atoms with E-state index in [1.165, 1.54) is 33.6 Å². The number of ether oxygens (including phenoxy) is 4. The Balaban J connectivity index is 1.58. The molecule has 3 rings (SSSR count). The van der Waals surface area contributed by atoms with Gasteiger partial charge in [0.1, 0.15) is 0 Å². The second-order valence-electron chi connectivity index (χ2n) is 7.33. The molecule has 3 aromatic rings. The summed E-state index contributed by atoms with van der Waals surface area (Å²) in [6.45, 7) is -0.258. The summed E-state index contributed by atoms with van der Waals surface area (Å²) in [4.78, 5) is 36.8. The minimum absolute atomic E-state index is 0.193. The molecule has 37 heavy (non-hydrogen) atoms. The molecule has 192 valence electrons. The Morgan fingerprint density at radius 3 is 2.24 bits per heavy atom. The Bertz CT molecular complexity index is 1330. The molecule has 0 unspecified atom stereocenters. The van der Waals surface area contributed by atoms with Crippen LogP contribution >= 0.6 is 15.9 Å². The minimum Gasteiger partial charge on any atom is -0.493 e. The zero-order valence-electron chi connectivity index (χ0n) is 20.2. The standard InChI is InChI=1S/C26H24BrN3O7/c1-34-20-11-9-17(13-23(20)36-3)26(33)37-21-10-8-16(12-22(21)35-2)14-29-30-24(31)15-28-25(32)18-6-4-5-7-19(18)27/h4-14H,15H2,1-3H3,(H,28,32)(H,30,31). The minimum atomic E-state index is -0.613. The second kappa shape index (κ2) is 13.1. The van der Waals surface area contributed by atoms with Crippen LogP contribution in [0, 0.1) is 0 Å². The average molecular weight is 570 g/mol. The van der Waals surface area contributed by atoms with E-state index in [9.17, 15) is 14.4 Å². The third-order valence-corrected chi connectivity index (χ3v) is 5.63.